The molecule has 3 N–H and O–H groups in total. The lowest BCUT2D eigenvalue weighted by atomic mass is 9.95. The Morgan fingerprint density at radius 1 is 1.13 bits per heavy atom. The summed E-state index contributed by atoms with van der Waals surface area (Å²) in [5.74, 6) is -1.94. The molecule has 2 heterocycles. The number of benzene rings is 1. The third kappa shape index (κ3) is 4.37. The van der Waals surface area contributed by atoms with Gasteiger partial charge in [0, 0.05) is 18.0 Å². The summed E-state index contributed by atoms with van der Waals surface area (Å²) in [4.78, 5) is 26.1. The predicted octanol–water partition coefficient (Wildman–Crippen LogP) is 2.90. The molecule has 166 valence electrons. The van der Waals surface area contributed by atoms with Crippen LogP contribution in [0.4, 0.5) is 9.39 Å². The fraction of sp³-hybridized carbons (Fsp3) is 0.429. The number of anilines is 1. The Balaban J connectivity index is 1.52. The number of piperidine rings is 1. The van der Waals surface area contributed by atoms with E-state index in [1.807, 2.05) is 0 Å². The maximum absolute atomic E-state index is 13.2. The number of rotatable bonds is 5. The second-order valence-electron chi connectivity index (χ2n) is 7.92. The number of nitrogens with two attached hydrogens (primary N) is 1. The maximum Gasteiger partial charge on any atom is 0.251 e. The van der Waals surface area contributed by atoms with Crippen LogP contribution in [0.3, 0.4) is 0 Å². The fourth-order valence-electron chi connectivity index (χ4n) is 4.26. The topological polar surface area (TPSA) is 110 Å². The molecule has 7 nitrogen and oxygen atoms in total. The average molecular weight is 466 g/mol. The molecular weight excluding hydrogens is 441 g/mol. The number of hydrogen-bond acceptors (Lipinski definition) is 5. The van der Waals surface area contributed by atoms with E-state index in [0.29, 0.717) is 30.0 Å². The van der Waals surface area contributed by atoms with Crippen LogP contribution in [0.5, 0.6) is 0 Å². The predicted molar refractivity (Wildman–Crippen MR) is 116 cm³/mol. The van der Waals surface area contributed by atoms with E-state index >= 15 is 0 Å². The Morgan fingerprint density at radius 2 is 1.84 bits per heavy atom. The molecule has 1 aliphatic carbocycles. The van der Waals surface area contributed by atoms with Crippen LogP contribution in [0.25, 0.3) is 0 Å². The quantitative estimate of drug-likeness (QED) is 0.707. The van der Waals surface area contributed by atoms with Crippen molar-refractivity contribution in [3.05, 3.63) is 46.1 Å². The summed E-state index contributed by atoms with van der Waals surface area (Å²) in [5, 5.41) is 3.31. The zero-order valence-corrected chi connectivity index (χ0v) is 18.5. The number of aryl methyl sites for hydroxylation is 1. The van der Waals surface area contributed by atoms with Crippen molar-refractivity contribution in [1.29, 1.82) is 0 Å². The van der Waals surface area contributed by atoms with Crippen molar-refractivity contribution in [3.8, 4) is 0 Å². The molecular formula is C21H24FN3O4S2. The molecule has 1 atom stereocenters. The molecule has 0 saturated carbocycles. The van der Waals surface area contributed by atoms with Crippen molar-refractivity contribution in [2.75, 3.05) is 18.4 Å². The number of primary amides is 1. The van der Waals surface area contributed by atoms with Gasteiger partial charge in [-0.2, -0.15) is 4.31 Å². The molecule has 2 amide bonds. The van der Waals surface area contributed by atoms with Crippen LogP contribution < -0.4 is 11.1 Å². The number of sulfonamides is 1. The number of nitrogens with zero attached hydrogens (tertiary/aromatic N) is 1. The molecule has 2 aliphatic rings. The first-order valence-electron chi connectivity index (χ1n) is 10.3. The number of fused-ring (bicyclic) bond motifs is 1. The molecule has 1 unspecified atom stereocenters. The Hall–Kier alpha value is -2.30. The molecule has 0 bridgehead atoms. The Kier molecular flexibility index (Phi) is 6.14. The van der Waals surface area contributed by atoms with Gasteiger partial charge in [-0.1, -0.05) is 0 Å². The molecule has 4 rings (SSSR count). The van der Waals surface area contributed by atoms with E-state index in [9.17, 15) is 22.4 Å². The van der Waals surface area contributed by atoms with Gasteiger partial charge in [-0.05, 0) is 68.4 Å². The Bertz CT molecular complexity index is 1110. The first-order valence-corrected chi connectivity index (χ1v) is 12.5. The van der Waals surface area contributed by atoms with Gasteiger partial charge in [0.05, 0.1) is 16.4 Å². The number of carbonyl (C=O) groups is 2. The van der Waals surface area contributed by atoms with Crippen molar-refractivity contribution in [2.45, 2.75) is 43.4 Å². The highest BCUT2D eigenvalue weighted by molar-refractivity contribution is 7.89. The van der Waals surface area contributed by atoms with Gasteiger partial charge in [0.25, 0.3) is 5.91 Å². The van der Waals surface area contributed by atoms with Crippen LogP contribution in [0.1, 0.15) is 46.5 Å². The summed E-state index contributed by atoms with van der Waals surface area (Å²) in [6, 6.07) is 4.66. The number of hydrogen-bond donors (Lipinski definition) is 2. The Labute approximate surface area is 184 Å². The lowest BCUT2D eigenvalue weighted by molar-refractivity contribution is -0.120. The lowest BCUT2D eigenvalue weighted by Crippen LogP contribution is -2.43. The molecule has 2 aromatic rings. The first kappa shape index (κ1) is 21.9. The van der Waals surface area contributed by atoms with Gasteiger partial charge in [0.2, 0.25) is 15.9 Å². The minimum Gasteiger partial charge on any atom is -0.365 e. The van der Waals surface area contributed by atoms with Crippen molar-refractivity contribution in [1.82, 2.24) is 4.31 Å². The van der Waals surface area contributed by atoms with Crippen LogP contribution in [0.15, 0.2) is 29.2 Å². The highest BCUT2D eigenvalue weighted by Gasteiger charge is 2.34. The first-order chi connectivity index (χ1) is 14.8. The summed E-state index contributed by atoms with van der Waals surface area (Å²) in [6.07, 6.45) is 4.73. The van der Waals surface area contributed by atoms with Gasteiger partial charge in [0.15, 0.2) is 0 Å². The molecule has 31 heavy (non-hydrogen) atoms. The summed E-state index contributed by atoms with van der Waals surface area (Å²) in [7, 11) is -3.83. The van der Waals surface area contributed by atoms with Crippen molar-refractivity contribution >= 4 is 38.2 Å². The highest BCUT2D eigenvalue weighted by atomic mass is 32.2. The number of amides is 2. The molecule has 1 aromatic heterocycles. The number of nitrogens with one attached hydrogen (secondary N) is 1. The van der Waals surface area contributed by atoms with Crippen LogP contribution >= 0.6 is 11.3 Å². The number of carbonyl (C=O) groups excluding carboxylic acids is 2. The van der Waals surface area contributed by atoms with Crippen LogP contribution in [0.2, 0.25) is 0 Å². The van der Waals surface area contributed by atoms with Crippen LogP contribution in [-0.2, 0) is 27.7 Å². The van der Waals surface area contributed by atoms with Gasteiger partial charge in [0.1, 0.15) is 10.8 Å². The third-order valence-electron chi connectivity index (χ3n) is 5.86. The molecule has 10 heteroatoms. The van der Waals surface area contributed by atoms with Crippen LogP contribution in [-0.4, -0.2) is 37.6 Å². The minimum atomic E-state index is -3.83. The Morgan fingerprint density at radius 3 is 2.55 bits per heavy atom. The second-order valence-corrected chi connectivity index (χ2v) is 11.0. The minimum absolute atomic E-state index is 0.00287. The second kappa shape index (κ2) is 8.68. The maximum atomic E-state index is 13.2. The highest BCUT2D eigenvalue weighted by Crippen LogP contribution is 2.38. The largest absolute Gasteiger partial charge is 0.365 e. The number of thiophene rings is 1. The van der Waals surface area contributed by atoms with Crippen molar-refractivity contribution < 1.29 is 22.4 Å². The van der Waals surface area contributed by atoms with E-state index in [1.165, 1.54) is 27.8 Å². The summed E-state index contributed by atoms with van der Waals surface area (Å²) in [6.45, 7) is 0.325. The normalized spacial score (nSPS) is 19.6. The van der Waals surface area contributed by atoms with Gasteiger partial charge >= 0.3 is 0 Å². The van der Waals surface area contributed by atoms with Gasteiger partial charge in [-0.25, -0.2) is 12.8 Å². The van der Waals surface area contributed by atoms with Crippen molar-refractivity contribution in [2.24, 2.45) is 11.7 Å². The van der Waals surface area contributed by atoms with E-state index in [2.05, 4.69) is 5.32 Å². The standard InChI is InChI=1S/C21H24FN3O4S2/c22-14-7-9-15(10-8-14)31(28,29)25-11-3-4-13(12-25)20(27)24-21-18(19(23)26)16-5-1-2-6-17(16)30-21/h7-10,13H,1-6,11-12H2,(H2,23,26)(H,24,27). The van der Waals surface area contributed by atoms with E-state index in [-0.39, 0.29) is 17.3 Å². The molecule has 0 radical (unpaired) electrons. The van der Waals surface area contributed by atoms with E-state index in [0.717, 1.165) is 48.3 Å². The average Bonchev–Trinajstić information content (AvgIpc) is 3.12. The van der Waals surface area contributed by atoms with E-state index < -0.39 is 27.7 Å². The number of halogens is 1. The van der Waals surface area contributed by atoms with Crippen LogP contribution in [0, 0.1) is 11.7 Å². The zero-order valence-electron chi connectivity index (χ0n) is 16.9. The third-order valence-corrected chi connectivity index (χ3v) is 8.95. The molecule has 1 fully saturated rings. The fourth-order valence-corrected chi connectivity index (χ4v) is 7.08. The van der Waals surface area contributed by atoms with E-state index in [1.54, 1.807) is 0 Å². The molecule has 1 aliphatic heterocycles. The monoisotopic (exact) mass is 465 g/mol. The summed E-state index contributed by atoms with van der Waals surface area (Å²) >= 11 is 1.39. The zero-order chi connectivity index (χ0) is 22.2. The molecule has 0 spiro atoms. The lowest BCUT2D eigenvalue weighted by Gasteiger charge is -2.31. The van der Waals surface area contributed by atoms with Gasteiger partial charge in [-0.3, -0.25) is 9.59 Å². The van der Waals surface area contributed by atoms with Gasteiger partial charge < -0.3 is 11.1 Å². The molecule has 1 saturated heterocycles. The summed E-state index contributed by atoms with van der Waals surface area (Å²) in [5.41, 5.74) is 6.92. The van der Waals surface area contributed by atoms with Crippen molar-refractivity contribution in [3.63, 3.8) is 0 Å². The smallest absolute Gasteiger partial charge is 0.251 e. The summed E-state index contributed by atoms with van der Waals surface area (Å²) < 4.78 is 40.3. The SMILES string of the molecule is NC(=O)c1c(NC(=O)C2CCCN(S(=O)(=O)c3ccc(F)cc3)C2)sc2c1CCCC2. The molecule has 1 aromatic carbocycles. The van der Waals surface area contributed by atoms with E-state index in [4.69, 9.17) is 5.73 Å². The van der Waals surface area contributed by atoms with Gasteiger partial charge in [-0.15, -0.1) is 11.3 Å².